The van der Waals surface area contributed by atoms with Crippen molar-refractivity contribution in [1.82, 2.24) is 10.2 Å². The minimum absolute atomic E-state index is 0.00678. The third kappa shape index (κ3) is 3.47. The topological polar surface area (TPSA) is 58.4 Å². The summed E-state index contributed by atoms with van der Waals surface area (Å²) in [6.07, 6.45) is 1.04. The fourth-order valence-electron chi connectivity index (χ4n) is 1.68. The van der Waals surface area contributed by atoms with E-state index in [1.165, 1.54) is 0 Å². The van der Waals surface area contributed by atoms with E-state index >= 15 is 0 Å². The SMILES string of the molecule is CC1C(=O)NCCN1CCC(C)(C)CN. The Hall–Kier alpha value is -0.610. The maximum Gasteiger partial charge on any atom is 0.237 e. The van der Waals surface area contributed by atoms with Gasteiger partial charge in [-0.15, -0.1) is 0 Å². The highest BCUT2D eigenvalue weighted by molar-refractivity contribution is 5.81. The Balaban J connectivity index is 2.41. The zero-order valence-corrected chi connectivity index (χ0v) is 10.0. The first-order chi connectivity index (χ1) is 6.96. The first kappa shape index (κ1) is 12.5. The van der Waals surface area contributed by atoms with Crippen LogP contribution in [0.3, 0.4) is 0 Å². The van der Waals surface area contributed by atoms with E-state index in [0.717, 1.165) is 26.1 Å². The molecule has 0 aromatic rings. The lowest BCUT2D eigenvalue weighted by molar-refractivity contribution is -0.128. The first-order valence-electron chi connectivity index (χ1n) is 5.68. The standard InChI is InChI=1S/C11H23N3O/c1-9-10(15)13-5-7-14(9)6-4-11(2,3)8-12/h9H,4-8,12H2,1-3H3,(H,13,15). The number of nitrogens with one attached hydrogen (secondary N) is 1. The van der Waals surface area contributed by atoms with Crippen LogP contribution in [-0.2, 0) is 4.79 Å². The summed E-state index contributed by atoms with van der Waals surface area (Å²) in [7, 11) is 0. The second kappa shape index (κ2) is 4.94. The van der Waals surface area contributed by atoms with Crippen LogP contribution in [0.15, 0.2) is 0 Å². The number of nitrogens with zero attached hydrogens (tertiary/aromatic N) is 1. The summed E-state index contributed by atoms with van der Waals surface area (Å²) in [6.45, 7) is 9.67. The Bertz CT molecular complexity index is 228. The second-order valence-electron chi connectivity index (χ2n) is 5.12. The van der Waals surface area contributed by atoms with Gasteiger partial charge in [0, 0.05) is 13.1 Å². The Morgan fingerprint density at radius 2 is 2.27 bits per heavy atom. The fraction of sp³-hybridized carbons (Fsp3) is 0.909. The van der Waals surface area contributed by atoms with Crippen LogP contribution in [0.25, 0.3) is 0 Å². The van der Waals surface area contributed by atoms with Crippen molar-refractivity contribution in [3.05, 3.63) is 0 Å². The largest absolute Gasteiger partial charge is 0.353 e. The second-order valence-corrected chi connectivity index (χ2v) is 5.12. The number of hydrogen-bond donors (Lipinski definition) is 2. The summed E-state index contributed by atoms with van der Waals surface area (Å²) in [4.78, 5) is 13.7. The zero-order valence-electron chi connectivity index (χ0n) is 10.0. The Labute approximate surface area is 92.2 Å². The lowest BCUT2D eigenvalue weighted by Gasteiger charge is -2.35. The summed E-state index contributed by atoms with van der Waals surface area (Å²) in [6, 6.07) is 0.00678. The monoisotopic (exact) mass is 213 g/mol. The predicted molar refractivity (Wildman–Crippen MR) is 61.5 cm³/mol. The average molecular weight is 213 g/mol. The van der Waals surface area contributed by atoms with Gasteiger partial charge in [0.15, 0.2) is 0 Å². The van der Waals surface area contributed by atoms with Crippen LogP contribution in [0.2, 0.25) is 0 Å². The van der Waals surface area contributed by atoms with E-state index in [-0.39, 0.29) is 17.4 Å². The van der Waals surface area contributed by atoms with Gasteiger partial charge in [-0.2, -0.15) is 0 Å². The van der Waals surface area contributed by atoms with Gasteiger partial charge >= 0.3 is 0 Å². The van der Waals surface area contributed by atoms with Gasteiger partial charge in [-0.05, 0) is 31.8 Å². The molecule has 4 nitrogen and oxygen atoms in total. The molecule has 1 rings (SSSR count). The smallest absolute Gasteiger partial charge is 0.237 e. The number of hydrogen-bond acceptors (Lipinski definition) is 3. The van der Waals surface area contributed by atoms with Crippen molar-refractivity contribution < 1.29 is 4.79 Å². The minimum atomic E-state index is 0.00678. The molecule has 1 unspecified atom stereocenters. The van der Waals surface area contributed by atoms with Crippen molar-refractivity contribution in [2.75, 3.05) is 26.2 Å². The molecule has 15 heavy (non-hydrogen) atoms. The maximum absolute atomic E-state index is 11.4. The Kier molecular flexibility index (Phi) is 4.11. The van der Waals surface area contributed by atoms with Crippen LogP contribution < -0.4 is 11.1 Å². The van der Waals surface area contributed by atoms with E-state index in [9.17, 15) is 4.79 Å². The highest BCUT2D eigenvalue weighted by Gasteiger charge is 2.26. The van der Waals surface area contributed by atoms with Crippen molar-refractivity contribution in [1.29, 1.82) is 0 Å². The molecule has 1 saturated heterocycles. The van der Waals surface area contributed by atoms with E-state index in [2.05, 4.69) is 24.1 Å². The number of rotatable bonds is 4. The maximum atomic E-state index is 11.4. The van der Waals surface area contributed by atoms with Crippen molar-refractivity contribution in [2.24, 2.45) is 11.1 Å². The molecule has 0 bridgehead atoms. The van der Waals surface area contributed by atoms with Gasteiger partial charge in [-0.1, -0.05) is 13.8 Å². The van der Waals surface area contributed by atoms with E-state index in [1.54, 1.807) is 0 Å². The van der Waals surface area contributed by atoms with Crippen LogP contribution in [0.5, 0.6) is 0 Å². The van der Waals surface area contributed by atoms with E-state index in [4.69, 9.17) is 5.73 Å². The van der Waals surface area contributed by atoms with Gasteiger partial charge in [-0.25, -0.2) is 0 Å². The molecule has 0 saturated carbocycles. The van der Waals surface area contributed by atoms with Gasteiger partial charge in [0.2, 0.25) is 5.91 Å². The number of amides is 1. The van der Waals surface area contributed by atoms with Gasteiger partial charge in [0.05, 0.1) is 6.04 Å². The molecule has 4 heteroatoms. The number of carbonyl (C=O) groups excluding carboxylic acids is 1. The molecule has 1 amide bonds. The number of nitrogens with two attached hydrogens (primary N) is 1. The third-order valence-corrected chi connectivity index (χ3v) is 3.25. The van der Waals surface area contributed by atoms with Crippen LogP contribution in [0, 0.1) is 5.41 Å². The predicted octanol–water partition coefficient (Wildman–Crippen LogP) is 0.182. The summed E-state index contributed by atoms with van der Waals surface area (Å²) in [5, 5.41) is 2.87. The number of piperazine rings is 1. The highest BCUT2D eigenvalue weighted by Crippen LogP contribution is 2.19. The van der Waals surface area contributed by atoms with E-state index in [1.807, 2.05) is 6.92 Å². The van der Waals surface area contributed by atoms with Gasteiger partial charge in [0.1, 0.15) is 0 Å². The minimum Gasteiger partial charge on any atom is -0.353 e. The summed E-state index contributed by atoms with van der Waals surface area (Å²) in [5.74, 6) is 0.145. The molecule has 0 radical (unpaired) electrons. The van der Waals surface area contributed by atoms with Crippen molar-refractivity contribution in [3.63, 3.8) is 0 Å². The molecule has 0 aromatic carbocycles. The molecule has 1 atom stereocenters. The van der Waals surface area contributed by atoms with Gasteiger partial charge < -0.3 is 11.1 Å². The van der Waals surface area contributed by atoms with Gasteiger partial charge in [0.25, 0.3) is 0 Å². The molecular formula is C11H23N3O. The Morgan fingerprint density at radius 1 is 1.60 bits per heavy atom. The molecule has 0 spiro atoms. The molecule has 0 aliphatic carbocycles. The highest BCUT2D eigenvalue weighted by atomic mass is 16.2. The molecule has 3 N–H and O–H groups in total. The molecular weight excluding hydrogens is 190 g/mol. The van der Waals surface area contributed by atoms with Crippen molar-refractivity contribution in [3.8, 4) is 0 Å². The summed E-state index contributed by atoms with van der Waals surface area (Å²) in [5.41, 5.74) is 5.86. The molecule has 88 valence electrons. The first-order valence-corrected chi connectivity index (χ1v) is 5.68. The Morgan fingerprint density at radius 3 is 2.87 bits per heavy atom. The third-order valence-electron chi connectivity index (χ3n) is 3.25. The van der Waals surface area contributed by atoms with Crippen LogP contribution in [0.1, 0.15) is 27.2 Å². The lowest BCUT2D eigenvalue weighted by atomic mass is 9.89. The van der Waals surface area contributed by atoms with Crippen LogP contribution >= 0.6 is 0 Å². The van der Waals surface area contributed by atoms with E-state index < -0.39 is 0 Å². The van der Waals surface area contributed by atoms with Crippen molar-refractivity contribution >= 4 is 5.91 Å². The van der Waals surface area contributed by atoms with Crippen LogP contribution in [-0.4, -0.2) is 43.0 Å². The fourth-order valence-corrected chi connectivity index (χ4v) is 1.68. The lowest BCUT2D eigenvalue weighted by Crippen LogP contribution is -2.54. The summed E-state index contributed by atoms with van der Waals surface area (Å²) >= 11 is 0. The van der Waals surface area contributed by atoms with Gasteiger partial charge in [-0.3, -0.25) is 9.69 Å². The van der Waals surface area contributed by atoms with E-state index in [0.29, 0.717) is 6.54 Å². The van der Waals surface area contributed by atoms with Crippen molar-refractivity contribution in [2.45, 2.75) is 33.2 Å². The molecule has 0 aromatic heterocycles. The molecule has 1 fully saturated rings. The normalized spacial score (nSPS) is 24.0. The molecule has 1 aliphatic heterocycles. The number of carbonyl (C=O) groups is 1. The molecule has 1 heterocycles. The average Bonchev–Trinajstić information content (AvgIpc) is 2.20. The summed E-state index contributed by atoms with van der Waals surface area (Å²) < 4.78 is 0. The van der Waals surface area contributed by atoms with Crippen LogP contribution in [0.4, 0.5) is 0 Å². The zero-order chi connectivity index (χ0) is 11.5. The quantitative estimate of drug-likeness (QED) is 0.700. The molecule has 1 aliphatic rings.